The molecule has 1 aliphatic rings. The van der Waals surface area contributed by atoms with Gasteiger partial charge in [-0.1, -0.05) is 61.5 Å². The molecule has 13 nitrogen and oxygen atoms in total. The van der Waals surface area contributed by atoms with Crippen molar-refractivity contribution < 1.29 is 14.2 Å². The summed E-state index contributed by atoms with van der Waals surface area (Å²) in [6.45, 7) is 4.05. The van der Waals surface area contributed by atoms with Crippen molar-refractivity contribution in [1.29, 1.82) is 0 Å². The molecule has 3 heterocycles. The minimum absolute atomic E-state index is 0.0123. The second-order valence-electron chi connectivity index (χ2n) is 13.3. The fourth-order valence-corrected chi connectivity index (χ4v) is 6.62. The van der Waals surface area contributed by atoms with Crippen molar-refractivity contribution in [1.82, 2.24) is 29.9 Å². The highest BCUT2D eigenvalue weighted by atomic mass is 16.5. The van der Waals surface area contributed by atoms with Crippen LogP contribution in [0.1, 0.15) is 36.1 Å². The number of para-hydroxylation sites is 1. The summed E-state index contributed by atoms with van der Waals surface area (Å²) < 4.78 is 16.9. The van der Waals surface area contributed by atoms with Gasteiger partial charge in [0.1, 0.15) is 23.1 Å². The third-order valence-corrected chi connectivity index (χ3v) is 9.34. The maximum Gasteiger partial charge on any atom is 0.233 e. The van der Waals surface area contributed by atoms with E-state index in [1.54, 1.807) is 14.2 Å². The largest absolute Gasteiger partial charge is 0.493 e. The Morgan fingerprint density at radius 2 is 1.38 bits per heavy atom. The molecule has 7 rings (SSSR count). The van der Waals surface area contributed by atoms with Crippen molar-refractivity contribution in [2.75, 3.05) is 54.7 Å². The average Bonchev–Trinajstić information content (AvgIpc) is 3.21. The number of ether oxygens (including phenoxy) is 3. The van der Waals surface area contributed by atoms with E-state index in [2.05, 4.69) is 62.3 Å². The number of hydrogen-bond acceptors (Lipinski definition) is 13. The maximum atomic E-state index is 6.27. The monoisotopic (exact) mass is 738 g/mol. The predicted octanol–water partition coefficient (Wildman–Crippen LogP) is 6.87. The van der Waals surface area contributed by atoms with Gasteiger partial charge in [0.15, 0.2) is 11.5 Å². The summed E-state index contributed by atoms with van der Waals surface area (Å²) in [5.41, 5.74) is 9.40. The smallest absolute Gasteiger partial charge is 0.233 e. The highest BCUT2D eigenvalue weighted by Gasteiger charge is 2.31. The van der Waals surface area contributed by atoms with Gasteiger partial charge in [-0.3, -0.25) is 0 Å². The summed E-state index contributed by atoms with van der Waals surface area (Å²) >= 11 is 0. The molecule has 0 bridgehead atoms. The molecule has 13 heteroatoms. The van der Waals surface area contributed by atoms with Crippen LogP contribution in [-0.2, 0) is 25.7 Å². The maximum absolute atomic E-state index is 6.27. The standard InChI is InChI=1S/C42H46N10O3/c1-4-11-37-45-38(23-17-30-16-22-35(53-2)36(27-30)54-3)47-42(46-37)52-25-24-51(28-32(52)26-29-12-7-5-8-13-29)41-49-39(43)48-40(50-41)44-31-18-20-34(21-19-31)55-33-14-9-6-10-15-33/h5-10,12-16,18-22,27,32H,4,11,17,23-26,28H2,1-3H3,(H3,43,44,48,49,50). The predicted molar refractivity (Wildman–Crippen MR) is 215 cm³/mol. The summed E-state index contributed by atoms with van der Waals surface area (Å²) in [6.07, 6.45) is 3.89. The van der Waals surface area contributed by atoms with Gasteiger partial charge < -0.3 is 35.1 Å². The van der Waals surface area contributed by atoms with Crippen molar-refractivity contribution in [2.24, 2.45) is 0 Å². The van der Waals surface area contributed by atoms with Gasteiger partial charge in [-0.15, -0.1) is 0 Å². The number of benzene rings is 4. The van der Waals surface area contributed by atoms with Gasteiger partial charge >= 0.3 is 0 Å². The minimum atomic E-state index is 0.0123. The third kappa shape index (κ3) is 9.55. The van der Waals surface area contributed by atoms with Crippen LogP contribution < -0.4 is 35.1 Å². The highest BCUT2D eigenvalue weighted by molar-refractivity contribution is 5.57. The van der Waals surface area contributed by atoms with Crippen LogP contribution in [0.2, 0.25) is 0 Å². The van der Waals surface area contributed by atoms with E-state index in [9.17, 15) is 0 Å². The fourth-order valence-electron chi connectivity index (χ4n) is 6.62. The molecule has 6 aromatic rings. The number of aromatic nitrogens is 6. The van der Waals surface area contributed by atoms with Gasteiger partial charge in [-0.2, -0.15) is 24.9 Å². The number of nitrogens with zero attached hydrogens (tertiary/aromatic N) is 8. The number of nitrogen functional groups attached to an aromatic ring is 1. The number of rotatable bonds is 15. The molecule has 1 unspecified atom stereocenters. The molecule has 0 amide bonds. The van der Waals surface area contributed by atoms with Crippen LogP contribution in [0.3, 0.4) is 0 Å². The second-order valence-corrected chi connectivity index (χ2v) is 13.3. The van der Waals surface area contributed by atoms with Crippen LogP contribution in [0.15, 0.2) is 103 Å². The molecular formula is C42H46N10O3. The normalized spacial score (nSPS) is 14.1. The molecule has 1 atom stereocenters. The van der Waals surface area contributed by atoms with E-state index in [-0.39, 0.29) is 12.0 Å². The number of methoxy groups -OCH3 is 2. The molecule has 1 saturated heterocycles. The second kappa shape index (κ2) is 17.5. The number of nitrogens with two attached hydrogens (primary N) is 1. The summed E-state index contributed by atoms with van der Waals surface area (Å²) in [4.78, 5) is 33.2. The SMILES string of the molecule is CCCc1nc(CCc2ccc(OC)c(OC)c2)nc(N2CCN(c3nc(N)nc(Nc4ccc(Oc5ccccc5)cc4)n3)CC2Cc2ccccc2)n1. The Bertz CT molecular complexity index is 2160. The van der Waals surface area contributed by atoms with Crippen LogP contribution >= 0.6 is 0 Å². The minimum Gasteiger partial charge on any atom is -0.493 e. The van der Waals surface area contributed by atoms with Gasteiger partial charge in [0, 0.05) is 38.2 Å². The zero-order valence-electron chi connectivity index (χ0n) is 31.4. The molecule has 1 fully saturated rings. The van der Waals surface area contributed by atoms with Crippen molar-refractivity contribution in [3.05, 3.63) is 126 Å². The van der Waals surface area contributed by atoms with Crippen molar-refractivity contribution in [2.45, 2.75) is 45.1 Å². The van der Waals surface area contributed by atoms with Crippen LogP contribution in [0.4, 0.5) is 29.5 Å². The molecule has 282 valence electrons. The highest BCUT2D eigenvalue weighted by Crippen LogP contribution is 2.29. The van der Waals surface area contributed by atoms with Crippen molar-refractivity contribution >= 4 is 29.5 Å². The van der Waals surface area contributed by atoms with Crippen LogP contribution in [0.5, 0.6) is 23.0 Å². The van der Waals surface area contributed by atoms with E-state index >= 15 is 0 Å². The molecule has 4 aromatic carbocycles. The van der Waals surface area contributed by atoms with Gasteiger partial charge in [-0.05, 0) is 78.9 Å². The molecule has 0 spiro atoms. The molecule has 0 aliphatic carbocycles. The number of aryl methyl sites for hydroxylation is 3. The molecule has 1 aliphatic heterocycles. The fraction of sp³-hybridized carbons (Fsp3) is 0.286. The van der Waals surface area contributed by atoms with Crippen LogP contribution in [-0.4, -0.2) is 69.8 Å². The van der Waals surface area contributed by atoms with Gasteiger partial charge in [0.2, 0.25) is 23.8 Å². The third-order valence-electron chi connectivity index (χ3n) is 9.34. The summed E-state index contributed by atoms with van der Waals surface area (Å²) in [5.74, 6) is 6.17. The average molecular weight is 739 g/mol. The Morgan fingerprint density at radius 3 is 2.11 bits per heavy atom. The van der Waals surface area contributed by atoms with E-state index in [4.69, 9.17) is 39.9 Å². The van der Waals surface area contributed by atoms with Crippen LogP contribution in [0.25, 0.3) is 0 Å². The first-order valence-corrected chi connectivity index (χ1v) is 18.6. The summed E-state index contributed by atoms with van der Waals surface area (Å²) in [5, 5.41) is 3.29. The zero-order valence-corrected chi connectivity index (χ0v) is 31.4. The molecule has 55 heavy (non-hydrogen) atoms. The lowest BCUT2D eigenvalue weighted by atomic mass is 10.0. The first kappa shape index (κ1) is 36.8. The lowest BCUT2D eigenvalue weighted by Gasteiger charge is -2.41. The van der Waals surface area contributed by atoms with Crippen molar-refractivity contribution in [3.63, 3.8) is 0 Å². The molecule has 0 radical (unpaired) electrons. The first-order chi connectivity index (χ1) is 27.0. The van der Waals surface area contributed by atoms with Gasteiger partial charge in [0.25, 0.3) is 0 Å². The molecular weight excluding hydrogens is 693 g/mol. The zero-order chi connectivity index (χ0) is 38.0. The van der Waals surface area contributed by atoms with E-state index in [0.29, 0.717) is 55.4 Å². The number of piperazine rings is 1. The Labute approximate surface area is 321 Å². The topological polar surface area (TPSA) is 150 Å². The summed E-state index contributed by atoms with van der Waals surface area (Å²) in [7, 11) is 3.29. The quantitative estimate of drug-likeness (QED) is 0.113. The molecule has 0 saturated carbocycles. The number of nitrogens with one attached hydrogen (secondary N) is 1. The Balaban J connectivity index is 1.10. The molecule has 3 N–H and O–H groups in total. The lowest BCUT2D eigenvalue weighted by molar-refractivity contribution is 0.354. The van der Waals surface area contributed by atoms with E-state index < -0.39 is 0 Å². The van der Waals surface area contributed by atoms with E-state index in [1.807, 2.05) is 72.8 Å². The van der Waals surface area contributed by atoms with Gasteiger partial charge in [0.05, 0.1) is 20.3 Å². The Kier molecular flexibility index (Phi) is 11.8. The lowest BCUT2D eigenvalue weighted by Crippen LogP contribution is -2.55. The molecule has 2 aromatic heterocycles. The number of anilines is 5. The van der Waals surface area contributed by atoms with E-state index in [1.165, 1.54) is 5.56 Å². The summed E-state index contributed by atoms with van der Waals surface area (Å²) in [6, 6.07) is 33.8. The Morgan fingerprint density at radius 1 is 0.673 bits per heavy atom. The van der Waals surface area contributed by atoms with E-state index in [0.717, 1.165) is 60.1 Å². The van der Waals surface area contributed by atoms with Gasteiger partial charge in [-0.25, -0.2) is 4.98 Å². The van der Waals surface area contributed by atoms with Crippen LogP contribution in [0, 0.1) is 0 Å². The first-order valence-electron chi connectivity index (χ1n) is 18.6. The number of hydrogen-bond donors (Lipinski definition) is 2. The van der Waals surface area contributed by atoms with Crippen molar-refractivity contribution in [3.8, 4) is 23.0 Å². The Hall–Kier alpha value is -6.50.